The molecular formula is C17H19NO. The Morgan fingerprint density at radius 3 is 2.63 bits per heavy atom. The monoisotopic (exact) mass is 253 g/mol. The van der Waals surface area contributed by atoms with Crippen LogP contribution in [0.3, 0.4) is 0 Å². The van der Waals surface area contributed by atoms with Gasteiger partial charge in [0, 0.05) is 6.04 Å². The highest BCUT2D eigenvalue weighted by molar-refractivity contribution is 5.35. The molecule has 1 aliphatic heterocycles. The van der Waals surface area contributed by atoms with E-state index in [1.165, 1.54) is 22.3 Å². The van der Waals surface area contributed by atoms with Crippen LogP contribution in [0.1, 0.15) is 28.3 Å². The number of hydrogen-bond donors (Lipinski definition) is 1. The number of nitrogens with one attached hydrogen (secondary N) is 1. The number of benzene rings is 2. The molecule has 0 spiro atoms. The van der Waals surface area contributed by atoms with Gasteiger partial charge in [-0.25, -0.2) is 0 Å². The molecule has 0 aliphatic carbocycles. The van der Waals surface area contributed by atoms with E-state index in [1.54, 1.807) is 0 Å². The first-order valence-electron chi connectivity index (χ1n) is 6.77. The zero-order valence-electron chi connectivity index (χ0n) is 11.2. The molecule has 3 rings (SSSR count). The normalized spacial score (nSPS) is 15.2. The lowest BCUT2D eigenvalue weighted by molar-refractivity contribution is 0.134. The van der Waals surface area contributed by atoms with E-state index >= 15 is 0 Å². The van der Waals surface area contributed by atoms with E-state index in [0.717, 1.165) is 19.6 Å². The molecule has 2 aromatic carbocycles. The third-order valence-electron chi connectivity index (χ3n) is 3.78. The number of rotatable bonds is 4. The van der Waals surface area contributed by atoms with Gasteiger partial charge in [0.25, 0.3) is 0 Å². The molecule has 1 atom stereocenters. The largest absolute Gasteiger partial charge is 0.372 e. The lowest BCUT2D eigenvalue weighted by Gasteiger charge is -2.17. The highest BCUT2D eigenvalue weighted by Crippen LogP contribution is 2.25. The Bertz CT molecular complexity index is 550. The Morgan fingerprint density at radius 1 is 1.05 bits per heavy atom. The van der Waals surface area contributed by atoms with Crippen LogP contribution in [0.2, 0.25) is 0 Å². The maximum atomic E-state index is 5.48. The molecule has 0 amide bonds. The second kappa shape index (κ2) is 5.55. The van der Waals surface area contributed by atoms with Gasteiger partial charge in [0.1, 0.15) is 0 Å². The summed E-state index contributed by atoms with van der Waals surface area (Å²) in [4.78, 5) is 0. The predicted octanol–water partition coefficient (Wildman–Crippen LogP) is 3.22. The van der Waals surface area contributed by atoms with Gasteiger partial charge in [0.2, 0.25) is 0 Å². The van der Waals surface area contributed by atoms with Crippen molar-refractivity contribution in [1.82, 2.24) is 5.32 Å². The molecule has 2 nitrogen and oxygen atoms in total. The van der Waals surface area contributed by atoms with Gasteiger partial charge in [-0.1, -0.05) is 48.5 Å². The minimum Gasteiger partial charge on any atom is -0.372 e. The second-order valence-electron chi connectivity index (χ2n) is 5.05. The van der Waals surface area contributed by atoms with Gasteiger partial charge in [-0.2, -0.15) is 0 Å². The third kappa shape index (κ3) is 2.70. The first-order chi connectivity index (χ1) is 9.36. The van der Waals surface area contributed by atoms with Crippen molar-refractivity contribution in [2.24, 2.45) is 0 Å². The summed E-state index contributed by atoms with van der Waals surface area (Å²) >= 11 is 0. The van der Waals surface area contributed by atoms with Crippen LogP contribution in [0.4, 0.5) is 0 Å². The topological polar surface area (TPSA) is 21.3 Å². The van der Waals surface area contributed by atoms with Crippen LogP contribution in [0.15, 0.2) is 48.5 Å². The summed E-state index contributed by atoms with van der Waals surface area (Å²) in [5.74, 6) is 0. The Kier molecular flexibility index (Phi) is 3.62. The molecule has 1 heterocycles. The van der Waals surface area contributed by atoms with Crippen LogP contribution in [0.25, 0.3) is 0 Å². The van der Waals surface area contributed by atoms with E-state index in [2.05, 4.69) is 53.8 Å². The van der Waals surface area contributed by atoms with Gasteiger partial charge in [0.15, 0.2) is 0 Å². The third-order valence-corrected chi connectivity index (χ3v) is 3.78. The summed E-state index contributed by atoms with van der Waals surface area (Å²) in [6.45, 7) is 1.52. The van der Waals surface area contributed by atoms with E-state index in [4.69, 9.17) is 4.74 Å². The van der Waals surface area contributed by atoms with Crippen LogP contribution >= 0.6 is 0 Å². The summed E-state index contributed by atoms with van der Waals surface area (Å²) in [6.07, 6.45) is 1.01. The highest BCUT2D eigenvalue weighted by atomic mass is 16.5. The molecule has 0 aromatic heterocycles. The molecule has 2 heteroatoms. The van der Waals surface area contributed by atoms with Crippen LogP contribution in [-0.4, -0.2) is 7.05 Å². The number of ether oxygens (including phenoxy) is 1. The summed E-state index contributed by atoms with van der Waals surface area (Å²) < 4.78 is 5.48. The minimum absolute atomic E-state index is 0.355. The lowest BCUT2D eigenvalue weighted by atomic mass is 9.96. The van der Waals surface area contributed by atoms with E-state index < -0.39 is 0 Å². The van der Waals surface area contributed by atoms with Gasteiger partial charge in [-0.05, 0) is 35.7 Å². The van der Waals surface area contributed by atoms with Crippen molar-refractivity contribution >= 4 is 0 Å². The smallest absolute Gasteiger partial charge is 0.0725 e. The molecule has 0 radical (unpaired) electrons. The molecule has 98 valence electrons. The molecule has 2 aromatic rings. The van der Waals surface area contributed by atoms with Crippen molar-refractivity contribution in [3.05, 3.63) is 70.8 Å². The van der Waals surface area contributed by atoms with E-state index in [-0.39, 0.29) is 0 Å². The summed E-state index contributed by atoms with van der Waals surface area (Å²) in [7, 11) is 2.03. The van der Waals surface area contributed by atoms with Crippen molar-refractivity contribution in [3.8, 4) is 0 Å². The second-order valence-corrected chi connectivity index (χ2v) is 5.05. The van der Waals surface area contributed by atoms with Gasteiger partial charge in [-0.15, -0.1) is 0 Å². The van der Waals surface area contributed by atoms with Gasteiger partial charge >= 0.3 is 0 Å². The van der Waals surface area contributed by atoms with Crippen molar-refractivity contribution < 1.29 is 4.74 Å². The molecule has 0 saturated heterocycles. The standard InChI is InChI=1S/C17H19NO/c1-18-17(9-13-5-3-2-4-6-13)14-7-8-15-11-19-12-16(15)10-14/h2-8,10,17-18H,9,11-12H2,1H3. The van der Waals surface area contributed by atoms with Crippen molar-refractivity contribution in [2.45, 2.75) is 25.7 Å². The Labute approximate surface area is 114 Å². The first-order valence-corrected chi connectivity index (χ1v) is 6.77. The van der Waals surface area contributed by atoms with E-state index in [9.17, 15) is 0 Å². The quantitative estimate of drug-likeness (QED) is 0.903. The number of hydrogen-bond acceptors (Lipinski definition) is 2. The predicted molar refractivity (Wildman–Crippen MR) is 76.9 cm³/mol. The molecule has 1 aliphatic rings. The van der Waals surface area contributed by atoms with Crippen LogP contribution < -0.4 is 5.32 Å². The zero-order chi connectivity index (χ0) is 13.1. The summed E-state index contributed by atoms with van der Waals surface area (Å²) in [5, 5.41) is 3.42. The first kappa shape index (κ1) is 12.4. The molecule has 1 N–H and O–H groups in total. The minimum atomic E-state index is 0.355. The Morgan fingerprint density at radius 2 is 1.84 bits per heavy atom. The van der Waals surface area contributed by atoms with Crippen LogP contribution in [0.5, 0.6) is 0 Å². The van der Waals surface area contributed by atoms with Gasteiger partial charge in [-0.3, -0.25) is 0 Å². The van der Waals surface area contributed by atoms with Crippen molar-refractivity contribution in [2.75, 3.05) is 7.05 Å². The van der Waals surface area contributed by atoms with Crippen LogP contribution in [-0.2, 0) is 24.4 Å². The van der Waals surface area contributed by atoms with Crippen LogP contribution in [0, 0.1) is 0 Å². The lowest BCUT2D eigenvalue weighted by Crippen LogP contribution is -2.19. The summed E-state index contributed by atoms with van der Waals surface area (Å²) in [5.41, 5.74) is 5.37. The fourth-order valence-electron chi connectivity index (χ4n) is 2.65. The average molecular weight is 253 g/mol. The maximum Gasteiger partial charge on any atom is 0.0725 e. The van der Waals surface area contributed by atoms with Gasteiger partial charge < -0.3 is 10.1 Å². The Balaban J connectivity index is 1.82. The Hall–Kier alpha value is -1.64. The van der Waals surface area contributed by atoms with Crippen molar-refractivity contribution in [3.63, 3.8) is 0 Å². The fourth-order valence-corrected chi connectivity index (χ4v) is 2.65. The van der Waals surface area contributed by atoms with E-state index in [0.29, 0.717) is 6.04 Å². The molecule has 0 saturated carbocycles. The fraction of sp³-hybridized carbons (Fsp3) is 0.294. The highest BCUT2D eigenvalue weighted by Gasteiger charge is 2.15. The SMILES string of the molecule is CNC(Cc1ccccc1)c1ccc2c(c1)COC2. The molecule has 0 bridgehead atoms. The van der Waals surface area contributed by atoms with Crippen molar-refractivity contribution in [1.29, 1.82) is 0 Å². The number of fused-ring (bicyclic) bond motifs is 1. The zero-order valence-corrected chi connectivity index (χ0v) is 11.2. The summed E-state index contributed by atoms with van der Waals surface area (Å²) in [6, 6.07) is 17.7. The van der Waals surface area contributed by atoms with Gasteiger partial charge in [0.05, 0.1) is 13.2 Å². The molecule has 19 heavy (non-hydrogen) atoms. The van der Waals surface area contributed by atoms with E-state index in [1.807, 2.05) is 7.05 Å². The maximum absolute atomic E-state index is 5.48. The molecule has 0 fully saturated rings. The average Bonchev–Trinajstić information content (AvgIpc) is 2.93. The molecular weight excluding hydrogens is 234 g/mol. The molecule has 1 unspecified atom stereocenters. The number of likely N-dealkylation sites (N-methyl/N-ethyl adjacent to an activating group) is 1.